The highest BCUT2D eigenvalue weighted by Crippen LogP contribution is 2.18. The Labute approximate surface area is 127 Å². The van der Waals surface area contributed by atoms with Crippen molar-refractivity contribution >= 4 is 11.9 Å². The second-order valence-corrected chi connectivity index (χ2v) is 5.83. The van der Waals surface area contributed by atoms with Crippen LogP contribution in [0.1, 0.15) is 32.6 Å². The van der Waals surface area contributed by atoms with Crippen molar-refractivity contribution in [1.82, 2.24) is 9.80 Å². The molecule has 0 spiro atoms. The molecule has 1 fully saturated rings. The number of carboxylic acid groups (broad SMARTS) is 1. The third-order valence-corrected chi connectivity index (χ3v) is 3.88. The number of likely N-dealkylation sites (tertiary alicyclic amines) is 1. The first-order valence-corrected chi connectivity index (χ1v) is 7.78. The Hall–Kier alpha value is -1.14. The Morgan fingerprint density at radius 1 is 1.29 bits per heavy atom. The van der Waals surface area contributed by atoms with Gasteiger partial charge in [0.25, 0.3) is 0 Å². The van der Waals surface area contributed by atoms with E-state index in [1.165, 1.54) is 12.8 Å². The summed E-state index contributed by atoms with van der Waals surface area (Å²) < 4.78 is 4.85. The van der Waals surface area contributed by atoms with Gasteiger partial charge in [-0.15, -0.1) is 0 Å². The number of carboxylic acids is 1. The SMILES string of the molecule is CCCCN(C)CC1CCN(C(=O)COCC(=O)O)CC1. The minimum Gasteiger partial charge on any atom is -0.480 e. The smallest absolute Gasteiger partial charge is 0.329 e. The normalized spacial score (nSPS) is 16.4. The molecule has 0 radical (unpaired) electrons. The van der Waals surface area contributed by atoms with Gasteiger partial charge in [-0.05, 0) is 38.8 Å². The fraction of sp³-hybridized carbons (Fsp3) is 0.867. The molecule has 1 heterocycles. The summed E-state index contributed by atoms with van der Waals surface area (Å²) in [6.45, 7) is 5.39. The van der Waals surface area contributed by atoms with Crippen molar-refractivity contribution in [2.75, 3.05) is 46.4 Å². The fourth-order valence-electron chi connectivity index (χ4n) is 2.64. The third kappa shape index (κ3) is 7.43. The number of hydrogen-bond acceptors (Lipinski definition) is 4. The van der Waals surface area contributed by atoms with Crippen LogP contribution < -0.4 is 0 Å². The van der Waals surface area contributed by atoms with Crippen molar-refractivity contribution in [3.63, 3.8) is 0 Å². The maximum absolute atomic E-state index is 11.8. The van der Waals surface area contributed by atoms with Crippen molar-refractivity contribution in [2.24, 2.45) is 5.92 Å². The molecule has 1 aliphatic rings. The van der Waals surface area contributed by atoms with Gasteiger partial charge in [-0.1, -0.05) is 13.3 Å². The average Bonchev–Trinajstić information content (AvgIpc) is 2.45. The lowest BCUT2D eigenvalue weighted by Crippen LogP contribution is -2.42. The fourth-order valence-corrected chi connectivity index (χ4v) is 2.64. The zero-order chi connectivity index (χ0) is 15.7. The van der Waals surface area contributed by atoms with Gasteiger partial charge >= 0.3 is 5.97 Å². The highest BCUT2D eigenvalue weighted by molar-refractivity contribution is 5.78. The molecule has 1 N–H and O–H groups in total. The molecule has 0 saturated carbocycles. The Morgan fingerprint density at radius 2 is 1.95 bits per heavy atom. The van der Waals surface area contributed by atoms with Crippen LogP contribution in [0, 0.1) is 5.92 Å². The van der Waals surface area contributed by atoms with Gasteiger partial charge in [0, 0.05) is 19.6 Å². The van der Waals surface area contributed by atoms with Crippen LogP contribution in [0.4, 0.5) is 0 Å². The molecule has 0 aromatic heterocycles. The van der Waals surface area contributed by atoms with Crippen molar-refractivity contribution < 1.29 is 19.4 Å². The summed E-state index contributed by atoms with van der Waals surface area (Å²) in [5.41, 5.74) is 0. The molecular formula is C15H28N2O4. The van der Waals surface area contributed by atoms with Crippen molar-refractivity contribution in [2.45, 2.75) is 32.6 Å². The molecule has 0 aliphatic carbocycles. The summed E-state index contributed by atoms with van der Waals surface area (Å²) in [6, 6.07) is 0. The van der Waals surface area contributed by atoms with Gasteiger partial charge in [0.1, 0.15) is 13.2 Å². The number of amides is 1. The zero-order valence-electron chi connectivity index (χ0n) is 13.2. The molecule has 0 aromatic carbocycles. The minimum atomic E-state index is -1.04. The summed E-state index contributed by atoms with van der Waals surface area (Å²) in [7, 11) is 2.16. The summed E-state index contributed by atoms with van der Waals surface area (Å²) in [5.74, 6) is -0.499. The predicted octanol–water partition coefficient (Wildman–Crippen LogP) is 1.06. The summed E-state index contributed by atoms with van der Waals surface area (Å²) >= 11 is 0. The van der Waals surface area contributed by atoms with Crippen LogP contribution in [0.3, 0.4) is 0 Å². The van der Waals surface area contributed by atoms with Crippen molar-refractivity contribution in [1.29, 1.82) is 0 Å². The van der Waals surface area contributed by atoms with E-state index >= 15 is 0 Å². The number of carbonyl (C=O) groups is 2. The first-order chi connectivity index (χ1) is 10.0. The van der Waals surface area contributed by atoms with E-state index in [4.69, 9.17) is 9.84 Å². The van der Waals surface area contributed by atoms with E-state index in [1.54, 1.807) is 4.90 Å². The van der Waals surface area contributed by atoms with Gasteiger partial charge in [-0.2, -0.15) is 0 Å². The van der Waals surface area contributed by atoms with Crippen molar-refractivity contribution in [3.8, 4) is 0 Å². The quantitative estimate of drug-likeness (QED) is 0.689. The second kappa shape index (κ2) is 9.73. The van der Waals surface area contributed by atoms with Gasteiger partial charge in [-0.3, -0.25) is 4.79 Å². The van der Waals surface area contributed by atoms with E-state index in [9.17, 15) is 9.59 Å². The molecule has 1 aliphatic heterocycles. The van der Waals surface area contributed by atoms with Crippen LogP contribution >= 0.6 is 0 Å². The maximum atomic E-state index is 11.8. The molecule has 1 amide bonds. The number of piperidine rings is 1. The summed E-state index contributed by atoms with van der Waals surface area (Å²) in [5, 5.41) is 8.46. The topological polar surface area (TPSA) is 70.1 Å². The molecule has 6 nitrogen and oxygen atoms in total. The monoisotopic (exact) mass is 300 g/mol. The van der Waals surface area contributed by atoms with E-state index in [2.05, 4.69) is 18.9 Å². The second-order valence-electron chi connectivity index (χ2n) is 5.83. The van der Waals surface area contributed by atoms with Gasteiger partial charge < -0.3 is 19.6 Å². The average molecular weight is 300 g/mol. The van der Waals surface area contributed by atoms with Gasteiger partial charge in [0.05, 0.1) is 0 Å². The van der Waals surface area contributed by atoms with Gasteiger partial charge in [-0.25, -0.2) is 4.79 Å². The van der Waals surface area contributed by atoms with Crippen LogP contribution in [-0.2, 0) is 14.3 Å². The lowest BCUT2D eigenvalue weighted by Gasteiger charge is -2.33. The highest BCUT2D eigenvalue weighted by atomic mass is 16.5. The minimum absolute atomic E-state index is 0.103. The molecule has 122 valence electrons. The summed E-state index contributed by atoms with van der Waals surface area (Å²) in [4.78, 5) is 26.3. The summed E-state index contributed by atoms with van der Waals surface area (Å²) in [6.07, 6.45) is 4.48. The Kier molecular flexibility index (Phi) is 8.30. The molecule has 1 rings (SSSR count). The molecule has 0 bridgehead atoms. The number of ether oxygens (including phenoxy) is 1. The molecular weight excluding hydrogens is 272 g/mol. The first-order valence-electron chi connectivity index (χ1n) is 7.78. The molecule has 6 heteroatoms. The molecule has 0 aromatic rings. The van der Waals surface area contributed by atoms with Crippen LogP contribution in [0.2, 0.25) is 0 Å². The maximum Gasteiger partial charge on any atom is 0.329 e. The van der Waals surface area contributed by atoms with E-state index in [1.807, 2.05) is 0 Å². The number of carbonyl (C=O) groups excluding carboxylic acids is 1. The van der Waals surface area contributed by atoms with Crippen LogP contribution in [-0.4, -0.2) is 73.2 Å². The molecule has 1 saturated heterocycles. The number of hydrogen-bond donors (Lipinski definition) is 1. The predicted molar refractivity (Wildman–Crippen MR) is 80.2 cm³/mol. The van der Waals surface area contributed by atoms with E-state index in [-0.39, 0.29) is 12.5 Å². The lowest BCUT2D eigenvalue weighted by molar-refractivity contribution is -0.146. The standard InChI is InChI=1S/C15H28N2O4/c1-3-4-7-16(2)10-13-5-8-17(9-6-13)14(18)11-21-12-15(19)20/h13H,3-12H2,1-2H3,(H,19,20). The zero-order valence-corrected chi connectivity index (χ0v) is 13.2. The van der Waals surface area contributed by atoms with E-state index in [0.717, 1.165) is 39.0 Å². The molecule has 0 unspecified atom stereocenters. The molecule has 0 atom stereocenters. The van der Waals surface area contributed by atoms with Crippen molar-refractivity contribution in [3.05, 3.63) is 0 Å². The van der Waals surface area contributed by atoms with E-state index in [0.29, 0.717) is 5.92 Å². The molecule has 21 heavy (non-hydrogen) atoms. The van der Waals surface area contributed by atoms with Gasteiger partial charge in [0.2, 0.25) is 5.91 Å². The van der Waals surface area contributed by atoms with E-state index < -0.39 is 12.6 Å². The largest absolute Gasteiger partial charge is 0.480 e. The first kappa shape index (κ1) is 17.9. The third-order valence-electron chi connectivity index (χ3n) is 3.88. The van der Waals surface area contributed by atoms with Gasteiger partial charge in [0.15, 0.2) is 0 Å². The number of aliphatic carboxylic acids is 1. The Morgan fingerprint density at radius 3 is 2.52 bits per heavy atom. The van der Waals surface area contributed by atoms with Crippen LogP contribution in [0.25, 0.3) is 0 Å². The Balaban J connectivity index is 2.19. The number of unbranched alkanes of at least 4 members (excludes halogenated alkanes) is 1. The highest BCUT2D eigenvalue weighted by Gasteiger charge is 2.23. The number of rotatable bonds is 9. The number of nitrogens with zero attached hydrogens (tertiary/aromatic N) is 2. The van der Waals surface area contributed by atoms with Crippen LogP contribution in [0.5, 0.6) is 0 Å². The Bertz CT molecular complexity index is 328. The van der Waals surface area contributed by atoms with Crippen LogP contribution in [0.15, 0.2) is 0 Å². The lowest BCUT2D eigenvalue weighted by atomic mass is 9.96.